The Kier molecular flexibility index (Phi) is 3.49. The SMILES string of the molecule is COC(=O)C1CCC(OC)CN1. The van der Waals surface area contributed by atoms with Gasteiger partial charge in [0.05, 0.1) is 13.2 Å². The highest BCUT2D eigenvalue weighted by Gasteiger charge is 2.25. The number of esters is 1. The van der Waals surface area contributed by atoms with Crippen LogP contribution in [-0.4, -0.2) is 38.9 Å². The van der Waals surface area contributed by atoms with Crippen LogP contribution in [0.3, 0.4) is 0 Å². The number of carbonyl (C=O) groups excluding carboxylic acids is 1. The molecule has 0 radical (unpaired) electrons. The molecule has 2 unspecified atom stereocenters. The quantitative estimate of drug-likeness (QED) is 0.594. The zero-order chi connectivity index (χ0) is 8.97. The fourth-order valence-electron chi connectivity index (χ4n) is 1.38. The highest BCUT2D eigenvalue weighted by Crippen LogP contribution is 2.11. The predicted octanol–water partition coefficient (Wildman–Crippen LogP) is -0.0736. The smallest absolute Gasteiger partial charge is 0.322 e. The van der Waals surface area contributed by atoms with Gasteiger partial charge >= 0.3 is 5.97 Å². The minimum Gasteiger partial charge on any atom is -0.468 e. The maximum Gasteiger partial charge on any atom is 0.322 e. The molecule has 0 bridgehead atoms. The van der Waals surface area contributed by atoms with E-state index in [4.69, 9.17) is 4.74 Å². The maximum atomic E-state index is 11.0. The Morgan fingerprint density at radius 2 is 2.17 bits per heavy atom. The molecular formula is C8H15NO3. The summed E-state index contributed by atoms with van der Waals surface area (Å²) in [5.74, 6) is -0.176. The van der Waals surface area contributed by atoms with Gasteiger partial charge in [-0.1, -0.05) is 0 Å². The lowest BCUT2D eigenvalue weighted by atomic mass is 10.0. The number of piperidine rings is 1. The molecule has 0 aliphatic carbocycles. The largest absolute Gasteiger partial charge is 0.468 e. The summed E-state index contributed by atoms with van der Waals surface area (Å²) >= 11 is 0. The zero-order valence-electron chi connectivity index (χ0n) is 7.50. The van der Waals surface area contributed by atoms with Crippen LogP contribution in [0, 0.1) is 0 Å². The van der Waals surface area contributed by atoms with Gasteiger partial charge in [0.25, 0.3) is 0 Å². The Balaban J connectivity index is 2.30. The minimum absolute atomic E-state index is 0.138. The van der Waals surface area contributed by atoms with Crippen molar-refractivity contribution in [3.05, 3.63) is 0 Å². The summed E-state index contributed by atoms with van der Waals surface area (Å²) in [7, 11) is 3.09. The third-order valence-corrected chi connectivity index (χ3v) is 2.19. The normalized spacial score (nSPS) is 29.8. The third-order valence-electron chi connectivity index (χ3n) is 2.19. The molecule has 0 aromatic carbocycles. The van der Waals surface area contributed by atoms with Gasteiger partial charge in [-0.05, 0) is 12.8 Å². The van der Waals surface area contributed by atoms with Crippen molar-refractivity contribution < 1.29 is 14.3 Å². The van der Waals surface area contributed by atoms with Crippen LogP contribution >= 0.6 is 0 Å². The first-order valence-electron chi connectivity index (χ1n) is 4.12. The molecular weight excluding hydrogens is 158 g/mol. The highest BCUT2D eigenvalue weighted by atomic mass is 16.5. The fourth-order valence-corrected chi connectivity index (χ4v) is 1.38. The van der Waals surface area contributed by atoms with E-state index in [1.807, 2.05) is 0 Å². The summed E-state index contributed by atoms with van der Waals surface area (Å²) in [5, 5.41) is 3.07. The molecule has 0 saturated carbocycles. The number of nitrogens with one attached hydrogen (secondary N) is 1. The summed E-state index contributed by atoms with van der Waals surface area (Å²) in [6, 6.07) is -0.138. The van der Waals surface area contributed by atoms with E-state index in [1.165, 1.54) is 7.11 Å². The molecule has 1 fully saturated rings. The molecule has 1 aliphatic heterocycles. The molecule has 1 heterocycles. The van der Waals surface area contributed by atoms with Gasteiger partial charge in [-0.25, -0.2) is 0 Å². The van der Waals surface area contributed by atoms with Crippen molar-refractivity contribution in [2.75, 3.05) is 20.8 Å². The molecule has 1 rings (SSSR count). The van der Waals surface area contributed by atoms with Gasteiger partial charge in [-0.15, -0.1) is 0 Å². The van der Waals surface area contributed by atoms with Gasteiger partial charge < -0.3 is 14.8 Å². The van der Waals surface area contributed by atoms with Crippen molar-refractivity contribution in [1.82, 2.24) is 5.32 Å². The number of hydrogen-bond acceptors (Lipinski definition) is 4. The lowest BCUT2D eigenvalue weighted by molar-refractivity contribution is -0.144. The van der Waals surface area contributed by atoms with E-state index >= 15 is 0 Å². The molecule has 1 saturated heterocycles. The summed E-state index contributed by atoms with van der Waals surface area (Å²) in [6.07, 6.45) is 1.96. The van der Waals surface area contributed by atoms with Crippen LogP contribution < -0.4 is 5.32 Å². The van der Waals surface area contributed by atoms with Gasteiger partial charge in [-0.3, -0.25) is 4.79 Å². The monoisotopic (exact) mass is 173 g/mol. The van der Waals surface area contributed by atoms with Crippen LogP contribution in [0.5, 0.6) is 0 Å². The van der Waals surface area contributed by atoms with Crippen molar-refractivity contribution in [1.29, 1.82) is 0 Å². The first-order chi connectivity index (χ1) is 5.77. The Morgan fingerprint density at radius 1 is 1.42 bits per heavy atom. The van der Waals surface area contributed by atoms with E-state index in [9.17, 15) is 4.79 Å². The number of hydrogen-bond donors (Lipinski definition) is 1. The summed E-state index contributed by atoms with van der Waals surface area (Å²) < 4.78 is 9.75. The average molecular weight is 173 g/mol. The van der Waals surface area contributed by atoms with Crippen molar-refractivity contribution in [3.63, 3.8) is 0 Å². The Hall–Kier alpha value is -0.610. The van der Waals surface area contributed by atoms with Gasteiger partial charge in [0.15, 0.2) is 0 Å². The summed E-state index contributed by atoms with van der Waals surface area (Å²) in [5.41, 5.74) is 0. The van der Waals surface area contributed by atoms with Gasteiger partial charge in [0.1, 0.15) is 6.04 Å². The number of carbonyl (C=O) groups is 1. The average Bonchev–Trinajstić information content (AvgIpc) is 2.17. The van der Waals surface area contributed by atoms with E-state index in [1.54, 1.807) is 7.11 Å². The summed E-state index contributed by atoms with van der Waals surface area (Å²) in [4.78, 5) is 11.0. The second-order valence-electron chi connectivity index (χ2n) is 2.92. The van der Waals surface area contributed by atoms with Crippen LogP contribution in [-0.2, 0) is 14.3 Å². The molecule has 4 heteroatoms. The topological polar surface area (TPSA) is 47.6 Å². The highest BCUT2D eigenvalue weighted by molar-refractivity contribution is 5.75. The second kappa shape index (κ2) is 4.42. The Morgan fingerprint density at radius 3 is 2.58 bits per heavy atom. The van der Waals surface area contributed by atoms with Crippen molar-refractivity contribution >= 4 is 5.97 Å². The number of ether oxygens (including phenoxy) is 2. The third kappa shape index (κ3) is 2.19. The molecule has 0 aromatic rings. The van der Waals surface area contributed by atoms with E-state index in [0.29, 0.717) is 0 Å². The standard InChI is InChI=1S/C8H15NO3/c1-11-6-3-4-7(9-5-6)8(10)12-2/h6-7,9H,3-5H2,1-2H3. The van der Waals surface area contributed by atoms with Gasteiger partial charge in [-0.2, -0.15) is 0 Å². The first-order valence-corrected chi connectivity index (χ1v) is 4.12. The molecule has 1 aliphatic rings. The van der Waals surface area contributed by atoms with Crippen LogP contribution in [0.1, 0.15) is 12.8 Å². The maximum absolute atomic E-state index is 11.0. The Bertz CT molecular complexity index is 152. The van der Waals surface area contributed by atoms with Crippen LogP contribution in [0.2, 0.25) is 0 Å². The van der Waals surface area contributed by atoms with Gasteiger partial charge in [0.2, 0.25) is 0 Å². The molecule has 1 N–H and O–H groups in total. The van der Waals surface area contributed by atoms with Crippen LogP contribution in [0.15, 0.2) is 0 Å². The van der Waals surface area contributed by atoms with Crippen molar-refractivity contribution in [3.8, 4) is 0 Å². The summed E-state index contributed by atoms with van der Waals surface area (Å²) in [6.45, 7) is 0.732. The molecule has 0 amide bonds. The van der Waals surface area contributed by atoms with Crippen LogP contribution in [0.25, 0.3) is 0 Å². The molecule has 2 atom stereocenters. The van der Waals surface area contributed by atoms with Crippen LogP contribution in [0.4, 0.5) is 0 Å². The van der Waals surface area contributed by atoms with Crippen molar-refractivity contribution in [2.45, 2.75) is 25.0 Å². The van der Waals surface area contributed by atoms with E-state index in [-0.39, 0.29) is 18.1 Å². The van der Waals surface area contributed by atoms with Gasteiger partial charge in [0, 0.05) is 13.7 Å². The van der Waals surface area contributed by atoms with E-state index in [2.05, 4.69) is 10.1 Å². The zero-order valence-corrected chi connectivity index (χ0v) is 7.50. The lowest BCUT2D eigenvalue weighted by Gasteiger charge is -2.26. The number of rotatable bonds is 2. The molecule has 0 aromatic heterocycles. The molecule has 12 heavy (non-hydrogen) atoms. The van der Waals surface area contributed by atoms with E-state index < -0.39 is 0 Å². The molecule has 70 valence electrons. The predicted molar refractivity (Wildman–Crippen MR) is 43.8 cm³/mol. The first kappa shape index (κ1) is 9.48. The fraction of sp³-hybridized carbons (Fsp3) is 0.875. The number of methoxy groups -OCH3 is 2. The Labute approximate surface area is 72.2 Å². The second-order valence-corrected chi connectivity index (χ2v) is 2.92. The lowest BCUT2D eigenvalue weighted by Crippen LogP contribution is -2.46. The minimum atomic E-state index is -0.176. The molecule has 4 nitrogen and oxygen atoms in total. The van der Waals surface area contributed by atoms with E-state index in [0.717, 1.165) is 19.4 Å². The molecule has 0 spiro atoms. The van der Waals surface area contributed by atoms with Crippen molar-refractivity contribution in [2.24, 2.45) is 0 Å².